The Balaban J connectivity index is 1.64. The molecule has 0 saturated carbocycles. The summed E-state index contributed by atoms with van der Waals surface area (Å²) in [5.41, 5.74) is 2.85. The first-order valence-electron chi connectivity index (χ1n) is 8.80. The third-order valence-electron chi connectivity index (χ3n) is 5.12. The van der Waals surface area contributed by atoms with E-state index in [1.54, 1.807) is 21.9 Å². The zero-order valence-electron chi connectivity index (χ0n) is 14.7. The molecular formula is C22H17ClN2O2. The minimum Gasteiger partial charge on any atom is -0.317 e. The first kappa shape index (κ1) is 16.4. The smallest absolute Gasteiger partial charge is 0.317 e. The molecule has 3 aromatic rings. The largest absolute Gasteiger partial charge is 0.334 e. The Bertz CT molecular complexity index is 1000. The number of epoxide rings is 1. The summed E-state index contributed by atoms with van der Waals surface area (Å²) >= 11 is 6.05. The fourth-order valence-electron chi connectivity index (χ4n) is 3.74. The van der Waals surface area contributed by atoms with Crippen LogP contribution in [-0.2, 0) is 10.5 Å². The number of anilines is 2. The van der Waals surface area contributed by atoms with Gasteiger partial charge in [0.15, 0.2) is 6.23 Å². The fraction of sp³-hybridized carbons (Fsp3) is 0.136. The monoisotopic (exact) mass is 376 g/mol. The number of aryl methyl sites for hydroxylation is 1. The van der Waals surface area contributed by atoms with Crippen molar-refractivity contribution in [3.05, 3.63) is 95.0 Å². The number of rotatable bonds is 3. The predicted octanol–water partition coefficient (Wildman–Crippen LogP) is 5.30. The van der Waals surface area contributed by atoms with E-state index >= 15 is 0 Å². The minimum atomic E-state index is -0.822. The zero-order valence-corrected chi connectivity index (χ0v) is 15.4. The highest BCUT2D eigenvalue weighted by molar-refractivity contribution is 6.30. The van der Waals surface area contributed by atoms with Gasteiger partial charge in [-0.15, -0.1) is 0 Å². The highest BCUT2D eigenvalue weighted by atomic mass is 35.5. The summed E-state index contributed by atoms with van der Waals surface area (Å²) in [7, 11) is 0. The molecule has 2 saturated heterocycles. The van der Waals surface area contributed by atoms with Crippen LogP contribution in [0.2, 0.25) is 5.02 Å². The summed E-state index contributed by atoms with van der Waals surface area (Å²) in [4.78, 5) is 16.9. The quantitative estimate of drug-likeness (QED) is 0.581. The Kier molecular flexibility index (Phi) is 3.54. The lowest BCUT2D eigenvalue weighted by molar-refractivity contribution is 0.224. The van der Waals surface area contributed by atoms with Crippen molar-refractivity contribution in [3.8, 4) is 0 Å². The number of halogens is 1. The fourth-order valence-corrected chi connectivity index (χ4v) is 3.86. The molecule has 2 unspecified atom stereocenters. The molecule has 134 valence electrons. The molecule has 2 aliphatic heterocycles. The van der Waals surface area contributed by atoms with E-state index in [0.717, 1.165) is 22.5 Å². The van der Waals surface area contributed by atoms with E-state index in [1.807, 2.05) is 73.7 Å². The Morgan fingerprint density at radius 1 is 0.889 bits per heavy atom. The van der Waals surface area contributed by atoms with Crippen LogP contribution in [0.3, 0.4) is 0 Å². The molecule has 0 spiro atoms. The number of hydrogen-bond acceptors (Lipinski definition) is 2. The predicted molar refractivity (Wildman–Crippen MR) is 106 cm³/mol. The van der Waals surface area contributed by atoms with Gasteiger partial charge >= 0.3 is 6.03 Å². The molecular weight excluding hydrogens is 360 g/mol. The highest BCUT2D eigenvalue weighted by Gasteiger charge is 2.74. The molecule has 27 heavy (non-hydrogen) atoms. The molecule has 2 aliphatic rings. The molecule has 5 rings (SSSR count). The third-order valence-corrected chi connectivity index (χ3v) is 5.37. The van der Waals surface area contributed by atoms with Crippen molar-refractivity contribution in [3.63, 3.8) is 0 Å². The number of hydrogen-bond donors (Lipinski definition) is 0. The van der Waals surface area contributed by atoms with Crippen molar-refractivity contribution in [1.29, 1.82) is 0 Å². The lowest BCUT2D eigenvalue weighted by Gasteiger charge is -2.27. The number of urea groups is 1. The average molecular weight is 377 g/mol. The van der Waals surface area contributed by atoms with Crippen molar-refractivity contribution >= 4 is 29.0 Å². The molecule has 0 aromatic heterocycles. The van der Waals surface area contributed by atoms with Crippen molar-refractivity contribution in [2.24, 2.45) is 0 Å². The van der Waals surface area contributed by atoms with Gasteiger partial charge in [-0.2, -0.15) is 0 Å². The summed E-state index contributed by atoms with van der Waals surface area (Å²) in [5, 5.41) is 0.628. The van der Waals surface area contributed by atoms with Gasteiger partial charge in [0.05, 0.1) is 0 Å². The van der Waals surface area contributed by atoms with Gasteiger partial charge in [0.25, 0.3) is 0 Å². The maximum atomic E-state index is 13.4. The summed E-state index contributed by atoms with van der Waals surface area (Å²) in [6.45, 7) is 2.03. The summed E-state index contributed by atoms with van der Waals surface area (Å²) < 4.78 is 6.19. The van der Waals surface area contributed by atoms with Crippen LogP contribution in [0.5, 0.6) is 0 Å². The van der Waals surface area contributed by atoms with Gasteiger partial charge in [0.2, 0.25) is 5.72 Å². The molecule has 2 amide bonds. The van der Waals surface area contributed by atoms with Crippen LogP contribution in [0.25, 0.3) is 0 Å². The van der Waals surface area contributed by atoms with Crippen LogP contribution >= 0.6 is 11.6 Å². The van der Waals surface area contributed by atoms with Crippen LogP contribution in [0.1, 0.15) is 11.1 Å². The van der Waals surface area contributed by atoms with Crippen molar-refractivity contribution in [2.45, 2.75) is 18.9 Å². The van der Waals surface area contributed by atoms with Gasteiger partial charge < -0.3 is 4.74 Å². The average Bonchev–Trinajstić information content (AvgIpc) is 3.36. The van der Waals surface area contributed by atoms with Crippen LogP contribution in [0.15, 0.2) is 78.9 Å². The minimum absolute atomic E-state index is 0.110. The van der Waals surface area contributed by atoms with Gasteiger partial charge in [-0.25, -0.2) is 4.79 Å². The molecule has 0 radical (unpaired) electrons. The van der Waals surface area contributed by atoms with Crippen molar-refractivity contribution in [2.75, 3.05) is 9.80 Å². The number of carbonyl (C=O) groups excluding carboxylic acids is 1. The SMILES string of the molecule is Cc1ccc(N2C(=O)N(c3ccc(Cl)cc3)C3(c4ccccc4)OC23)cc1. The molecule has 3 aromatic carbocycles. The zero-order chi connectivity index (χ0) is 18.6. The topological polar surface area (TPSA) is 36.1 Å². The van der Waals surface area contributed by atoms with Gasteiger partial charge in [-0.3, -0.25) is 9.80 Å². The van der Waals surface area contributed by atoms with Gasteiger partial charge in [0.1, 0.15) is 0 Å². The first-order valence-corrected chi connectivity index (χ1v) is 9.18. The van der Waals surface area contributed by atoms with Gasteiger partial charge in [-0.05, 0) is 43.3 Å². The molecule has 5 heteroatoms. The Morgan fingerprint density at radius 3 is 2.19 bits per heavy atom. The number of benzene rings is 3. The van der Waals surface area contributed by atoms with Gasteiger partial charge in [0, 0.05) is 22.0 Å². The molecule has 2 atom stereocenters. The molecule has 2 heterocycles. The summed E-state index contributed by atoms with van der Waals surface area (Å²) in [6, 6.07) is 24.9. The number of amides is 2. The Morgan fingerprint density at radius 2 is 1.52 bits per heavy atom. The maximum absolute atomic E-state index is 13.4. The first-order chi connectivity index (χ1) is 13.1. The van der Waals surface area contributed by atoms with E-state index in [0.29, 0.717) is 5.02 Å². The molecule has 2 fully saturated rings. The standard InChI is InChI=1S/C22H17ClN2O2/c1-15-7-11-18(12-8-15)24-20-22(27-20,16-5-3-2-4-6-16)25(21(24)26)19-13-9-17(23)10-14-19/h2-14,20H,1H3. The van der Waals surface area contributed by atoms with E-state index in [-0.39, 0.29) is 12.3 Å². The Hall–Kier alpha value is -2.82. The molecule has 4 nitrogen and oxygen atoms in total. The Labute approximate surface area is 162 Å². The van der Waals surface area contributed by atoms with E-state index in [1.165, 1.54) is 0 Å². The van der Waals surface area contributed by atoms with E-state index < -0.39 is 5.72 Å². The number of fused-ring (bicyclic) bond motifs is 1. The summed E-state index contributed by atoms with van der Waals surface area (Å²) in [5.74, 6) is 0. The highest BCUT2D eigenvalue weighted by Crippen LogP contribution is 2.58. The van der Waals surface area contributed by atoms with Crippen LogP contribution in [0, 0.1) is 6.92 Å². The van der Waals surface area contributed by atoms with E-state index in [2.05, 4.69) is 0 Å². The van der Waals surface area contributed by atoms with Gasteiger partial charge in [-0.1, -0.05) is 59.6 Å². The second-order valence-electron chi connectivity index (χ2n) is 6.83. The van der Waals surface area contributed by atoms with Crippen LogP contribution in [-0.4, -0.2) is 12.3 Å². The molecule has 0 aliphatic carbocycles. The van der Waals surface area contributed by atoms with Crippen LogP contribution in [0.4, 0.5) is 16.2 Å². The van der Waals surface area contributed by atoms with Crippen LogP contribution < -0.4 is 9.80 Å². The van der Waals surface area contributed by atoms with Crippen molar-refractivity contribution < 1.29 is 9.53 Å². The number of nitrogens with zero attached hydrogens (tertiary/aromatic N) is 2. The molecule has 0 bridgehead atoms. The normalized spacial score (nSPS) is 23.5. The lowest BCUT2D eigenvalue weighted by Crippen LogP contribution is -2.40. The van der Waals surface area contributed by atoms with E-state index in [9.17, 15) is 4.79 Å². The van der Waals surface area contributed by atoms with E-state index in [4.69, 9.17) is 16.3 Å². The summed E-state index contributed by atoms with van der Waals surface area (Å²) in [6.07, 6.45) is -0.370. The van der Waals surface area contributed by atoms with Crippen molar-refractivity contribution in [1.82, 2.24) is 0 Å². The number of ether oxygens (including phenoxy) is 1. The molecule has 0 N–H and O–H groups in total. The third kappa shape index (κ3) is 2.37. The maximum Gasteiger partial charge on any atom is 0.334 e. The second-order valence-corrected chi connectivity index (χ2v) is 7.27. The second kappa shape index (κ2) is 5.84. The lowest BCUT2D eigenvalue weighted by atomic mass is 10.1. The number of carbonyl (C=O) groups is 1.